The summed E-state index contributed by atoms with van der Waals surface area (Å²) in [6.45, 7) is 0.873. The number of halogens is 2. The minimum atomic E-state index is -0.557. The van der Waals surface area contributed by atoms with Crippen molar-refractivity contribution in [3.63, 3.8) is 0 Å². The highest BCUT2D eigenvalue weighted by Gasteiger charge is 2.33. The molecule has 1 aliphatic rings. The SMILES string of the molecule is CNCCC[C@H](C(=O)OC)C1CCC(Oc2cc3c(Nc4cccc(Cl)c4F)ncnc3cc2OC)CC1. The van der Waals surface area contributed by atoms with Crippen molar-refractivity contribution >= 4 is 40.0 Å². The van der Waals surface area contributed by atoms with E-state index >= 15 is 0 Å². The predicted molar refractivity (Wildman–Crippen MR) is 146 cm³/mol. The zero-order chi connectivity index (χ0) is 27.1. The van der Waals surface area contributed by atoms with Gasteiger partial charge in [0.05, 0.1) is 42.5 Å². The summed E-state index contributed by atoms with van der Waals surface area (Å²) in [5.74, 6) is 1.03. The first-order valence-electron chi connectivity index (χ1n) is 12.9. The third-order valence-electron chi connectivity index (χ3n) is 7.15. The molecule has 2 N–H and O–H groups in total. The third kappa shape index (κ3) is 6.45. The Morgan fingerprint density at radius 2 is 1.95 bits per heavy atom. The Kier molecular flexibility index (Phi) is 9.58. The number of ether oxygens (including phenoxy) is 3. The van der Waals surface area contributed by atoms with Crippen molar-refractivity contribution in [2.24, 2.45) is 11.8 Å². The van der Waals surface area contributed by atoms with Crippen molar-refractivity contribution in [3.05, 3.63) is 47.5 Å². The lowest BCUT2D eigenvalue weighted by molar-refractivity contribution is -0.148. The third-order valence-corrected chi connectivity index (χ3v) is 7.44. The molecule has 0 aliphatic heterocycles. The van der Waals surface area contributed by atoms with Gasteiger partial charge >= 0.3 is 5.97 Å². The molecule has 1 fully saturated rings. The molecular formula is C28H34ClFN4O4. The van der Waals surface area contributed by atoms with Crippen LogP contribution in [0.5, 0.6) is 11.5 Å². The Balaban J connectivity index is 1.51. The lowest BCUT2D eigenvalue weighted by Crippen LogP contribution is -2.32. The molecule has 1 heterocycles. The molecule has 1 aromatic heterocycles. The Morgan fingerprint density at radius 1 is 1.16 bits per heavy atom. The monoisotopic (exact) mass is 544 g/mol. The van der Waals surface area contributed by atoms with Gasteiger partial charge < -0.3 is 24.8 Å². The molecule has 38 heavy (non-hydrogen) atoms. The van der Waals surface area contributed by atoms with Gasteiger partial charge in [-0.2, -0.15) is 0 Å². The van der Waals surface area contributed by atoms with Crippen molar-refractivity contribution in [3.8, 4) is 11.5 Å². The number of carbonyl (C=O) groups excluding carboxylic acids is 1. The number of carbonyl (C=O) groups is 1. The quantitative estimate of drug-likeness (QED) is 0.227. The van der Waals surface area contributed by atoms with E-state index in [0.29, 0.717) is 28.2 Å². The van der Waals surface area contributed by atoms with Gasteiger partial charge in [-0.05, 0) is 76.2 Å². The molecule has 4 rings (SSSR count). The van der Waals surface area contributed by atoms with Crippen LogP contribution in [0, 0.1) is 17.7 Å². The van der Waals surface area contributed by atoms with Gasteiger partial charge in [-0.15, -0.1) is 0 Å². The molecule has 2 aromatic carbocycles. The number of hydrogen-bond acceptors (Lipinski definition) is 8. The number of rotatable bonds is 11. The van der Waals surface area contributed by atoms with Crippen molar-refractivity contribution in [2.75, 3.05) is 33.1 Å². The molecule has 1 atom stereocenters. The molecule has 0 unspecified atom stereocenters. The molecule has 10 heteroatoms. The average Bonchev–Trinajstić information content (AvgIpc) is 2.94. The van der Waals surface area contributed by atoms with Crippen LogP contribution in [-0.4, -0.2) is 49.9 Å². The Hall–Kier alpha value is -3.17. The second kappa shape index (κ2) is 13.1. The summed E-state index contributed by atoms with van der Waals surface area (Å²) >= 11 is 5.95. The highest BCUT2D eigenvalue weighted by Crippen LogP contribution is 2.39. The van der Waals surface area contributed by atoms with Gasteiger partial charge in [0, 0.05) is 11.5 Å². The molecule has 0 bridgehead atoms. The number of esters is 1. The second-order valence-corrected chi connectivity index (χ2v) is 9.91. The molecule has 0 saturated heterocycles. The number of nitrogens with zero attached hydrogens (tertiary/aromatic N) is 2. The van der Waals surface area contributed by atoms with Gasteiger partial charge in [0.1, 0.15) is 12.1 Å². The molecule has 0 radical (unpaired) electrons. The molecule has 1 aliphatic carbocycles. The van der Waals surface area contributed by atoms with Gasteiger partial charge in [0.25, 0.3) is 0 Å². The van der Waals surface area contributed by atoms with Crippen LogP contribution in [0.1, 0.15) is 38.5 Å². The van der Waals surface area contributed by atoms with E-state index in [0.717, 1.165) is 45.1 Å². The van der Waals surface area contributed by atoms with Crippen molar-refractivity contribution in [2.45, 2.75) is 44.6 Å². The summed E-state index contributed by atoms with van der Waals surface area (Å²) in [6.07, 6.45) is 6.50. The smallest absolute Gasteiger partial charge is 0.308 e. The fraction of sp³-hybridized carbons (Fsp3) is 0.464. The number of fused-ring (bicyclic) bond motifs is 1. The van der Waals surface area contributed by atoms with E-state index in [1.807, 2.05) is 13.1 Å². The van der Waals surface area contributed by atoms with Gasteiger partial charge in [0.2, 0.25) is 0 Å². The maximum Gasteiger partial charge on any atom is 0.308 e. The van der Waals surface area contributed by atoms with Crippen LogP contribution in [0.25, 0.3) is 10.9 Å². The fourth-order valence-electron chi connectivity index (χ4n) is 5.13. The molecule has 0 amide bonds. The summed E-state index contributed by atoms with van der Waals surface area (Å²) in [5.41, 5.74) is 0.837. The Morgan fingerprint density at radius 3 is 2.66 bits per heavy atom. The summed E-state index contributed by atoms with van der Waals surface area (Å²) in [6, 6.07) is 8.35. The van der Waals surface area contributed by atoms with Crippen molar-refractivity contribution < 1.29 is 23.4 Å². The summed E-state index contributed by atoms with van der Waals surface area (Å²) in [4.78, 5) is 21.1. The molecule has 204 valence electrons. The zero-order valence-electron chi connectivity index (χ0n) is 21.9. The first-order chi connectivity index (χ1) is 18.4. The van der Waals surface area contributed by atoms with Crippen LogP contribution in [0.4, 0.5) is 15.9 Å². The topological polar surface area (TPSA) is 94.6 Å². The lowest BCUT2D eigenvalue weighted by atomic mass is 9.77. The number of benzene rings is 2. The van der Waals surface area contributed by atoms with E-state index < -0.39 is 5.82 Å². The summed E-state index contributed by atoms with van der Waals surface area (Å²) in [7, 11) is 4.96. The van der Waals surface area contributed by atoms with E-state index in [9.17, 15) is 9.18 Å². The van der Waals surface area contributed by atoms with Crippen LogP contribution in [-0.2, 0) is 9.53 Å². The van der Waals surface area contributed by atoms with Gasteiger partial charge in [-0.3, -0.25) is 4.79 Å². The molecule has 1 saturated carbocycles. The van der Waals surface area contributed by atoms with Gasteiger partial charge in [-0.1, -0.05) is 17.7 Å². The number of hydrogen-bond donors (Lipinski definition) is 2. The van der Waals surface area contributed by atoms with E-state index in [-0.39, 0.29) is 34.6 Å². The summed E-state index contributed by atoms with van der Waals surface area (Å²) < 4.78 is 31.6. The van der Waals surface area contributed by atoms with E-state index in [1.165, 1.54) is 19.5 Å². The summed E-state index contributed by atoms with van der Waals surface area (Å²) in [5, 5.41) is 6.84. The van der Waals surface area contributed by atoms with Gasteiger partial charge in [0.15, 0.2) is 17.3 Å². The molecule has 3 aromatic rings. The zero-order valence-corrected chi connectivity index (χ0v) is 22.7. The van der Waals surface area contributed by atoms with Crippen LogP contribution in [0.15, 0.2) is 36.7 Å². The fourth-order valence-corrected chi connectivity index (χ4v) is 5.30. The number of anilines is 2. The van der Waals surface area contributed by atoms with E-state index in [1.54, 1.807) is 25.3 Å². The maximum atomic E-state index is 14.5. The lowest BCUT2D eigenvalue weighted by Gasteiger charge is -2.33. The van der Waals surface area contributed by atoms with Crippen LogP contribution in [0.2, 0.25) is 5.02 Å². The molecule has 0 spiro atoms. The highest BCUT2D eigenvalue weighted by atomic mass is 35.5. The largest absolute Gasteiger partial charge is 0.493 e. The standard InChI is InChI=1S/C28H34ClFN4O4/c1-31-13-5-6-19(28(35)37-3)17-9-11-18(12-10-17)38-25-14-20-23(15-24(25)36-2)32-16-33-27(20)34-22-8-4-7-21(29)26(22)30/h4,7-8,14-19,31H,5-6,9-13H2,1-3H3,(H,32,33,34)/t17?,18?,19-/m0/s1. The Labute approximate surface area is 227 Å². The van der Waals surface area contributed by atoms with Crippen LogP contribution >= 0.6 is 11.6 Å². The Bertz CT molecular complexity index is 1250. The molecular weight excluding hydrogens is 511 g/mol. The minimum Gasteiger partial charge on any atom is -0.493 e. The predicted octanol–water partition coefficient (Wildman–Crippen LogP) is 5.90. The van der Waals surface area contributed by atoms with Crippen molar-refractivity contribution in [1.29, 1.82) is 0 Å². The second-order valence-electron chi connectivity index (χ2n) is 9.50. The normalized spacial score (nSPS) is 18.1. The maximum absolute atomic E-state index is 14.5. The minimum absolute atomic E-state index is 0.0196. The van der Waals surface area contributed by atoms with Crippen molar-refractivity contribution in [1.82, 2.24) is 15.3 Å². The van der Waals surface area contributed by atoms with Crippen LogP contribution in [0.3, 0.4) is 0 Å². The first-order valence-corrected chi connectivity index (χ1v) is 13.3. The van der Waals surface area contributed by atoms with E-state index in [2.05, 4.69) is 20.6 Å². The van der Waals surface area contributed by atoms with Gasteiger partial charge in [-0.25, -0.2) is 14.4 Å². The van der Waals surface area contributed by atoms with Crippen LogP contribution < -0.4 is 20.1 Å². The average molecular weight is 545 g/mol. The number of aromatic nitrogens is 2. The highest BCUT2D eigenvalue weighted by molar-refractivity contribution is 6.31. The first kappa shape index (κ1) is 27.9. The molecule has 8 nitrogen and oxygen atoms in total. The number of methoxy groups -OCH3 is 2. The number of nitrogens with one attached hydrogen (secondary N) is 2. The van der Waals surface area contributed by atoms with E-state index in [4.69, 9.17) is 25.8 Å².